The second-order valence-electron chi connectivity index (χ2n) is 4.27. The predicted molar refractivity (Wildman–Crippen MR) is 71.4 cm³/mol. The molecule has 0 bridgehead atoms. The van der Waals surface area contributed by atoms with Crippen molar-refractivity contribution in [3.8, 4) is 5.75 Å². The Labute approximate surface area is 112 Å². The molecule has 0 aliphatic rings. The van der Waals surface area contributed by atoms with E-state index in [2.05, 4.69) is 5.32 Å². The highest BCUT2D eigenvalue weighted by atomic mass is 16.5. The number of carbonyl (C=O) groups excluding carboxylic acids is 1. The van der Waals surface area contributed by atoms with Gasteiger partial charge in [0.05, 0.1) is 19.4 Å². The van der Waals surface area contributed by atoms with Gasteiger partial charge in [-0.2, -0.15) is 0 Å². The topological polar surface area (TPSA) is 75.6 Å². The first-order valence-corrected chi connectivity index (χ1v) is 6.13. The van der Waals surface area contributed by atoms with E-state index >= 15 is 0 Å². The first kappa shape index (κ1) is 15.0. The number of benzene rings is 1. The van der Waals surface area contributed by atoms with E-state index in [1.807, 2.05) is 6.92 Å². The molecule has 5 heteroatoms. The van der Waals surface area contributed by atoms with Crippen LogP contribution in [0.2, 0.25) is 0 Å². The number of likely N-dealkylation sites (N-methyl/N-ethyl adjacent to an activating group) is 1. The summed E-state index contributed by atoms with van der Waals surface area (Å²) in [5.41, 5.74) is 1.56. The zero-order valence-corrected chi connectivity index (χ0v) is 11.4. The molecule has 0 saturated carbocycles. The molecule has 1 atom stereocenters. The van der Waals surface area contributed by atoms with E-state index in [1.54, 1.807) is 32.2 Å². The van der Waals surface area contributed by atoms with Gasteiger partial charge in [-0.15, -0.1) is 0 Å². The molecule has 19 heavy (non-hydrogen) atoms. The van der Waals surface area contributed by atoms with E-state index in [0.29, 0.717) is 17.9 Å². The minimum atomic E-state index is -0.996. The Bertz CT molecular complexity index is 471. The lowest BCUT2D eigenvalue weighted by molar-refractivity contribution is -0.139. The number of aliphatic carboxylic acids is 1. The number of amides is 1. The summed E-state index contributed by atoms with van der Waals surface area (Å²) >= 11 is 0. The third-order valence-electron chi connectivity index (χ3n) is 2.87. The van der Waals surface area contributed by atoms with Crippen LogP contribution in [-0.2, 0) is 9.59 Å². The quantitative estimate of drug-likeness (QED) is 0.820. The second-order valence-corrected chi connectivity index (χ2v) is 4.27. The van der Waals surface area contributed by atoms with Crippen LogP contribution < -0.4 is 10.1 Å². The van der Waals surface area contributed by atoms with Gasteiger partial charge in [-0.3, -0.25) is 9.59 Å². The van der Waals surface area contributed by atoms with E-state index in [1.165, 1.54) is 0 Å². The molecule has 0 heterocycles. The number of ether oxygens (including phenoxy) is 1. The average molecular weight is 265 g/mol. The number of carboxylic acid groups (broad SMARTS) is 1. The van der Waals surface area contributed by atoms with Gasteiger partial charge in [-0.25, -0.2) is 0 Å². The predicted octanol–water partition coefficient (Wildman–Crippen LogP) is 1.70. The molecule has 0 aliphatic carbocycles. The number of hydrogen-bond acceptors (Lipinski definition) is 3. The van der Waals surface area contributed by atoms with Crippen molar-refractivity contribution in [1.29, 1.82) is 0 Å². The number of hydrogen-bond donors (Lipinski definition) is 2. The van der Waals surface area contributed by atoms with Gasteiger partial charge in [0.1, 0.15) is 5.75 Å². The molecule has 0 fully saturated rings. The minimum Gasteiger partial charge on any atom is -0.496 e. The lowest BCUT2D eigenvalue weighted by Crippen LogP contribution is -2.30. The van der Waals surface area contributed by atoms with Crippen molar-refractivity contribution in [2.45, 2.75) is 26.2 Å². The molecule has 0 radical (unpaired) electrons. The fourth-order valence-electron chi connectivity index (χ4n) is 1.95. The summed E-state index contributed by atoms with van der Waals surface area (Å²) in [5.74, 6) is -1.23. The number of rotatable bonds is 6. The summed E-state index contributed by atoms with van der Waals surface area (Å²) in [7, 11) is 1.57. The summed E-state index contributed by atoms with van der Waals surface area (Å²) in [6, 6.07) is 5.27. The molecule has 1 rings (SSSR count). The van der Waals surface area contributed by atoms with Gasteiger partial charge in [0.2, 0.25) is 5.91 Å². The van der Waals surface area contributed by atoms with Crippen molar-refractivity contribution in [3.63, 3.8) is 0 Å². The average Bonchev–Trinajstić information content (AvgIpc) is 2.36. The van der Waals surface area contributed by atoms with Crippen LogP contribution >= 0.6 is 0 Å². The highest BCUT2D eigenvalue weighted by Gasteiger charge is 2.23. The van der Waals surface area contributed by atoms with Crippen LogP contribution in [0.5, 0.6) is 5.75 Å². The second kappa shape index (κ2) is 6.78. The molecule has 5 nitrogen and oxygen atoms in total. The van der Waals surface area contributed by atoms with Crippen LogP contribution in [0, 0.1) is 6.92 Å². The van der Waals surface area contributed by atoms with Crippen molar-refractivity contribution in [2.24, 2.45) is 0 Å². The van der Waals surface area contributed by atoms with Crippen molar-refractivity contribution < 1.29 is 19.4 Å². The zero-order valence-electron chi connectivity index (χ0n) is 11.4. The first-order chi connectivity index (χ1) is 8.99. The number of carbonyl (C=O) groups is 2. The van der Waals surface area contributed by atoms with Crippen molar-refractivity contribution >= 4 is 11.9 Å². The SMILES string of the molecule is CCNC(=O)C(CC(=O)O)c1ccc(OC)c(C)c1. The number of nitrogens with one attached hydrogen (secondary N) is 1. The molecule has 1 amide bonds. The smallest absolute Gasteiger partial charge is 0.304 e. The monoisotopic (exact) mass is 265 g/mol. The Morgan fingerprint density at radius 3 is 2.58 bits per heavy atom. The Hall–Kier alpha value is -2.04. The van der Waals surface area contributed by atoms with E-state index in [4.69, 9.17) is 9.84 Å². The van der Waals surface area contributed by atoms with Gasteiger partial charge in [0.15, 0.2) is 0 Å². The molecule has 1 aromatic carbocycles. The van der Waals surface area contributed by atoms with E-state index in [0.717, 1.165) is 5.56 Å². The van der Waals surface area contributed by atoms with Crippen LogP contribution in [0.15, 0.2) is 18.2 Å². The Balaban J connectivity index is 3.06. The maximum Gasteiger partial charge on any atom is 0.304 e. The third-order valence-corrected chi connectivity index (χ3v) is 2.87. The van der Waals surface area contributed by atoms with Crippen molar-refractivity contribution in [1.82, 2.24) is 5.32 Å². The zero-order chi connectivity index (χ0) is 14.4. The maximum atomic E-state index is 11.9. The minimum absolute atomic E-state index is 0.225. The normalized spacial score (nSPS) is 11.7. The van der Waals surface area contributed by atoms with Crippen LogP contribution in [0.25, 0.3) is 0 Å². The van der Waals surface area contributed by atoms with E-state index < -0.39 is 11.9 Å². The summed E-state index contributed by atoms with van der Waals surface area (Å²) in [5, 5.41) is 11.6. The molecule has 0 spiro atoms. The molecule has 0 aromatic heterocycles. The molecule has 2 N–H and O–H groups in total. The van der Waals surface area contributed by atoms with Gasteiger partial charge in [-0.05, 0) is 31.0 Å². The summed E-state index contributed by atoms with van der Waals surface area (Å²) in [6.07, 6.45) is -0.225. The first-order valence-electron chi connectivity index (χ1n) is 6.13. The van der Waals surface area contributed by atoms with Crippen LogP contribution in [-0.4, -0.2) is 30.6 Å². The fraction of sp³-hybridized carbons (Fsp3) is 0.429. The van der Waals surface area contributed by atoms with Gasteiger partial charge < -0.3 is 15.2 Å². The number of aryl methyl sites for hydroxylation is 1. The van der Waals surface area contributed by atoms with Gasteiger partial charge >= 0.3 is 5.97 Å². The van der Waals surface area contributed by atoms with Crippen LogP contribution in [0.4, 0.5) is 0 Å². The highest BCUT2D eigenvalue weighted by Crippen LogP contribution is 2.26. The maximum absolute atomic E-state index is 11.9. The van der Waals surface area contributed by atoms with Crippen molar-refractivity contribution in [3.05, 3.63) is 29.3 Å². The molecule has 1 unspecified atom stereocenters. The molecule has 0 saturated heterocycles. The van der Waals surface area contributed by atoms with Crippen molar-refractivity contribution in [2.75, 3.05) is 13.7 Å². The third kappa shape index (κ3) is 3.98. The molecule has 104 valence electrons. The van der Waals surface area contributed by atoms with Gasteiger partial charge in [0, 0.05) is 6.54 Å². The summed E-state index contributed by atoms with van der Waals surface area (Å²) in [4.78, 5) is 22.8. The van der Waals surface area contributed by atoms with Crippen LogP contribution in [0.3, 0.4) is 0 Å². The fourth-order valence-corrected chi connectivity index (χ4v) is 1.95. The Kier molecular flexibility index (Phi) is 5.36. The Morgan fingerprint density at radius 1 is 1.42 bits per heavy atom. The summed E-state index contributed by atoms with van der Waals surface area (Å²) in [6.45, 7) is 4.14. The molecule has 0 aliphatic heterocycles. The summed E-state index contributed by atoms with van der Waals surface area (Å²) < 4.78 is 5.15. The highest BCUT2D eigenvalue weighted by molar-refractivity contribution is 5.87. The van der Waals surface area contributed by atoms with E-state index in [-0.39, 0.29) is 12.3 Å². The van der Waals surface area contributed by atoms with E-state index in [9.17, 15) is 9.59 Å². The number of carboxylic acids is 1. The van der Waals surface area contributed by atoms with Crippen LogP contribution in [0.1, 0.15) is 30.4 Å². The Morgan fingerprint density at radius 2 is 2.11 bits per heavy atom. The molecular weight excluding hydrogens is 246 g/mol. The van der Waals surface area contributed by atoms with Gasteiger partial charge in [-0.1, -0.05) is 12.1 Å². The lowest BCUT2D eigenvalue weighted by atomic mass is 9.93. The number of methoxy groups -OCH3 is 1. The standard InChI is InChI=1S/C14H19NO4/c1-4-15-14(18)11(8-13(16)17)10-5-6-12(19-3)9(2)7-10/h5-7,11H,4,8H2,1-3H3,(H,15,18)(H,16,17). The lowest BCUT2D eigenvalue weighted by Gasteiger charge is -2.16. The molecular formula is C14H19NO4. The molecule has 1 aromatic rings. The largest absolute Gasteiger partial charge is 0.496 e. The van der Waals surface area contributed by atoms with Gasteiger partial charge in [0.25, 0.3) is 0 Å².